The summed E-state index contributed by atoms with van der Waals surface area (Å²) in [6.45, 7) is 3.60. The lowest BCUT2D eigenvalue weighted by Gasteiger charge is -2.29. The third kappa shape index (κ3) is 3.96. The largest absolute Gasteiger partial charge is 0.370 e. The fraction of sp³-hybridized carbons (Fsp3) is 0.316. The van der Waals surface area contributed by atoms with Crippen LogP contribution in [-0.2, 0) is 0 Å². The van der Waals surface area contributed by atoms with Crippen LogP contribution in [0.1, 0.15) is 35.2 Å². The molecular formula is C19H20ClN3O3. The van der Waals surface area contributed by atoms with Crippen LogP contribution < -0.4 is 10.2 Å². The summed E-state index contributed by atoms with van der Waals surface area (Å²) in [6, 6.07) is 9.79. The molecule has 2 aromatic carbocycles. The number of amides is 1. The number of benzene rings is 2. The molecule has 26 heavy (non-hydrogen) atoms. The summed E-state index contributed by atoms with van der Waals surface area (Å²) < 4.78 is 0. The Balaban J connectivity index is 1.74. The highest BCUT2D eigenvalue weighted by Crippen LogP contribution is 2.31. The number of carbonyl (C=O) groups is 1. The van der Waals surface area contributed by atoms with Gasteiger partial charge in [-0.3, -0.25) is 14.9 Å². The lowest BCUT2D eigenvalue weighted by Crippen LogP contribution is -2.29. The van der Waals surface area contributed by atoms with Gasteiger partial charge in [0.1, 0.15) is 0 Å². The Hall–Kier alpha value is -2.60. The third-order valence-electron chi connectivity index (χ3n) is 4.56. The number of nitrogens with zero attached hydrogens (tertiary/aromatic N) is 2. The summed E-state index contributed by atoms with van der Waals surface area (Å²) in [5.41, 5.74) is 2.38. The van der Waals surface area contributed by atoms with E-state index >= 15 is 0 Å². The molecular weight excluding hydrogens is 354 g/mol. The van der Waals surface area contributed by atoms with Gasteiger partial charge in [-0.15, -0.1) is 0 Å². The zero-order chi connectivity index (χ0) is 18.7. The first-order chi connectivity index (χ1) is 12.5. The molecule has 1 aliphatic rings. The van der Waals surface area contributed by atoms with Crippen molar-refractivity contribution in [2.24, 2.45) is 0 Å². The molecule has 1 N–H and O–H groups in total. The van der Waals surface area contributed by atoms with E-state index in [1.807, 2.05) is 12.1 Å². The highest BCUT2D eigenvalue weighted by Gasteiger charge is 2.16. The lowest BCUT2D eigenvalue weighted by atomic mass is 10.1. The molecule has 0 aliphatic carbocycles. The van der Waals surface area contributed by atoms with Gasteiger partial charge in [0.25, 0.3) is 11.6 Å². The summed E-state index contributed by atoms with van der Waals surface area (Å²) in [5.74, 6) is -0.329. The van der Waals surface area contributed by atoms with Crippen LogP contribution in [0, 0.1) is 17.0 Å². The maximum absolute atomic E-state index is 12.4. The Morgan fingerprint density at radius 3 is 2.50 bits per heavy atom. The minimum Gasteiger partial charge on any atom is -0.370 e. The number of rotatable bonds is 4. The molecule has 136 valence electrons. The van der Waals surface area contributed by atoms with Crippen molar-refractivity contribution in [2.45, 2.75) is 26.2 Å². The molecule has 6 nitrogen and oxygen atoms in total. The predicted molar refractivity (Wildman–Crippen MR) is 103 cm³/mol. The number of anilines is 2. The Bertz CT molecular complexity index is 848. The second-order valence-corrected chi connectivity index (χ2v) is 6.83. The maximum Gasteiger partial charge on any atom is 0.272 e. The minimum absolute atomic E-state index is 0.00419. The van der Waals surface area contributed by atoms with Gasteiger partial charge in [0.05, 0.1) is 15.6 Å². The third-order valence-corrected chi connectivity index (χ3v) is 4.86. The SMILES string of the molecule is Cc1cc(C(=O)Nc2ccc(N3CCCCC3)c(Cl)c2)ccc1[N+](=O)[O-]. The summed E-state index contributed by atoms with van der Waals surface area (Å²) in [4.78, 5) is 25.1. The molecule has 0 saturated carbocycles. The monoisotopic (exact) mass is 373 g/mol. The molecule has 0 bridgehead atoms. The molecule has 0 spiro atoms. The van der Waals surface area contributed by atoms with Gasteiger partial charge in [-0.2, -0.15) is 0 Å². The number of nitro groups is 1. The molecule has 1 saturated heterocycles. The summed E-state index contributed by atoms with van der Waals surface area (Å²) in [6.07, 6.45) is 3.57. The van der Waals surface area contributed by atoms with Crippen molar-refractivity contribution >= 4 is 34.6 Å². The predicted octanol–water partition coefficient (Wildman–Crippen LogP) is 4.80. The van der Waals surface area contributed by atoms with Gasteiger partial charge in [0.2, 0.25) is 0 Å². The van der Waals surface area contributed by atoms with E-state index in [0.29, 0.717) is 21.8 Å². The van der Waals surface area contributed by atoms with Crippen molar-refractivity contribution in [3.8, 4) is 0 Å². The number of halogens is 1. The van der Waals surface area contributed by atoms with Crippen LogP contribution in [0.5, 0.6) is 0 Å². The van der Waals surface area contributed by atoms with Crippen LogP contribution in [0.4, 0.5) is 17.1 Å². The van der Waals surface area contributed by atoms with E-state index in [4.69, 9.17) is 11.6 Å². The van der Waals surface area contributed by atoms with Crippen LogP contribution in [0.25, 0.3) is 0 Å². The average molecular weight is 374 g/mol. The molecule has 0 radical (unpaired) electrons. The summed E-state index contributed by atoms with van der Waals surface area (Å²) in [5, 5.41) is 14.3. The molecule has 3 rings (SSSR count). The van der Waals surface area contributed by atoms with Crippen LogP contribution in [0.15, 0.2) is 36.4 Å². The summed E-state index contributed by atoms with van der Waals surface area (Å²) in [7, 11) is 0. The van der Waals surface area contributed by atoms with E-state index in [1.54, 1.807) is 13.0 Å². The lowest BCUT2D eigenvalue weighted by molar-refractivity contribution is -0.385. The van der Waals surface area contributed by atoms with Crippen LogP contribution in [0.2, 0.25) is 5.02 Å². The van der Waals surface area contributed by atoms with Gasteiger partial charge in [-0.1, -0.05) is 11.6 Å². The van der Waals surface area contributed by atoms with E-state index in [-0.39, 0.29) is 11.6 Å². The Morgan fingerprint density at radius 2 is 1.88 bits per heavy atom. The van der Waals surface area contributed by atoms with Crippen LogP contribution in [-0.4, -0.2) is 23.9 Å². The summed E-state index contributed by atoms with van der Waals surface area (Å²) >= 11 is 6.41. The number of nitro benzene ring substituents is 1. The van der Waals surface area contributed by atoms with Gasteiger partial charge in [-0.25, -0.2) is 0 Å². The second kappa shape index (κ2) is 7.74. The molecule has 1 fully saturated rings. The Morgan fingerprint density at radius 1 is 1.15 bits per heavy atom. The topological polar surface area (TPSA) is 75.5 Å². The standard InChI is InChI=1S/C19H20ClN3O3/c1-13-11-14(5-7-17(13)23(25)26)19(24)21-15-6-8-18(16(20)12-15)22-9-3-2-4-10-22/h5-8,11-12H,2-4,9-10H2,1H3,(H,21,24). The second-order valence-electron chi connectivity index (χ2n) is 6.43. The van der Waals surface area contributed by atoms with Gasteiger partial charge in [0, 0.05) is 36.0 Å². The van der Waals surface area contributed by atoms with Gasteiger partial charge in [0.15, 0.2) is 0 Å². The quantitative estimate of drug-likeness (QED) is 0.617. The van der Waals surface area contributed by atoms with E-state index in [0.717, 1.165) is 31.6 Å². The van der Waals surface area contributed by atoms with Crippen LogP contribution >= 0.6 is 11.6 Å². The zero-order valence-electron chi connectivity index (χ0n) is 14.5. The smallest absolute Gasteiger partial charge is 0.272 e. The fourth-order valence-corrected chi connectivity index (χ4v) is 3.48. The molecule has 2 aromatic rings. The molecule has 0 aromatic heterocycles. The normalized spacial score (nSPS) is 14.2. The molecule has 0 atom stereocenters. The van der Waals surface area contributed by atoms with Crippen molar-refractivity contribution in [1.29, 1.82) is 0 Å². The average Bonchev–Trinajstić information content (AvgIpc) is 2.62. The maximum atomic E-state index is 12.4. The number of carbonyl (C=O) groups excluding carboxylic acids is 1. The number of hydrogen-bond donors (Lipinski definition) is 1. The number of piperidine rings is 1. The van der Waals surface area contributed by atoms with E-state index in [1.165, 1.54) is 24.6 Å². The van der Waals surface area contributed by atoms with Crippen LogP contribution in [0.3, 0.4) is 0 Å². The molecule has 1 heterocycles. The van der Waals surface area contributed by atoms with Crippen molar-refractivity contribution in [3.63, 3.8) is 0 Å². The van der Waals surface area contributed by atoms with Gasteiger partial charge in [-0.05, 0) is 56.5 Å². The number of aryl methyl sites for hydroxylation is 1. The van der Waals surface area contributed by atoms with Gasteiger partial charge < -0.3 is 10.2 Å². The zero-order valence-corrected chi connectivity index (χ0v) is 15.3. The van der Waals surface area contributed by atoms with Crippen molar-refractivity contribution < 1.29 is 9.72 Å². The van der Waals surface area contributed by atoms with E-state index in [9.17, 15) is 14.9 Å². The molecule has 7 heteroatoms. The fourth-order valence-electron chi connectivity index (χ4n) is 3.18. The highest BCUT2D eigenvalue weighted by atomic mass is 35.5. The minimum atomic E-state index is -0.462. The van der Waals surface area contributed by atoms with Crippen molar-refractivity contribution in [2.75, 3.05) is 23.3 Å². The number of hydrogen-bond acceptors (Lipinski definition) is 4. The highest BCUT2D eigenvalue weighted by molar-refractivity contribution is 6.33. The molecule has 1 aliphatic heterocycles. The van der Waals surface area contributed by atoms with Crippen molar-refractivity contribution in [3.05, 3.63) is 62.7 Å². The molecule has 1 amide bonds. The first-order valence-corrected chi connectivity index (χ1v) is 8.94. The van der Waals surface area contributed by atoms with E-state index < -0.39 is 4.92 Å². The van der Waals surface area contributed by atoms with E-state index in [2.05, 4.69) is 10.2 Å². The number of nitrogens with one attached hydrogen (secondary N) is 1. The Labute approximate surface area is 156 Å². The first kappa shape index (κ1) is 18.2. The molecule has 0 unspecified atom stereocenters. The van der Waals surface area contributed by atoms with Crippen molar-refractivity contribution in [1.82, 2.24) is 0 Å². The Kier molecular flexibility index (Phi) is 5.42. The van der Waals surface area contributed by atoms with Gasteiger partial charge >= 0.3 is 0 Å². The first-order valence-electron chi connectivity index (χ1n) is 8.56.